The van der Waals surface area contributed by atoms with E-state index >= 15 is 0 Å². The molecule has 0 saturated heterocycles. The minimum Gasteiger partial charge on any atom is -0.484 e. The van der Waals surface area contributed by atoms with Crippen molar-refractivity contribution in [3.63, 3.8) is 0 Å². The van der Waals surface area contributed by atoms with Gasteiger partial charge in [0.2, 0.25) is 5.91 Å². The van der Waals surface area contributed by atoms with E-state index in [-0.39, 0.29) is 18.3 Å². The van der Waals surface area contributed by atoms with Gasteiger partial charge in [-0.3, -0.25) is 4.79 Å². The summed E-state index contributed by atoms with van der Waals surface area (Å²) in [5, 5.41) is 13.0. The first-order chi connectivity index (χ1) is 14.0. The molecule has 6 nitrogen and oxygen atoms in total. The van der Waals surface area contributed by atoms with E-state index < -0.39 is 0 Å². The number of aromatic nitrogens is 3. The number of thioether (sulfide) groups is 1. The molecule has 29 heavy (non-hydrogen) atoms. The molecule has 3 aromatic rings. The lowest BCUT2D eigenvalue weighted by molar-refractivity contribution is -0.113. The zero-order valence-corrected chi connectivity index (χ0v) is 18.4. The molecule has 0 unspecified atom stereocenters. The molecule has 0 fully saturated rings. The number of ether oxygens (including phenoxy) is 1. The number of benzene rings is 2. The summed E-state index contributed by atoms with van der Waals surface area (Å²) in [4.78, 5) is 12.3. The van der Waals surface area contributed by atoms with Crippen LogP contribution in [0.15, 0.2) is 47.6 Å². The third-order valence-corrected chi connectivity index (χ3v) is 5.77. The minimum absolute atomic E-state index is 0.130. The van der Waals surface area contributed by atoms with Crippen LogP contribution in [0.25, 0.3) is 0 Å². The second kappa shape index (κ2) is 10.2. The summed E-state index contributed by atoms with van der Waals surface area (Å²) in [7, 11) is 0. The molecule has 0 spiro atoms. The maximum atomic E-state index is 12.3. The Labute approximate surface area is 187 Å². The molecule has 10 heteroatoms. The maximum absolute atomic E-state index is 12.3. The van der Waals surface area contributed by atoms with E-state index in [2.05, 4.69) is 15.5 Å². The van der Waals surface area contributed by atoms with Crippen LogP contribution in [0.2, 0.25) is 15.1 Å². The van der Waals surface area contributed by atoms with Crippen molar-refractivity contribution >= 4 is 58.2 Å². The quantitative estimate of drug-likeness (QED) is 0.435. The number of nitrogens with zero attached hydrogens (tertiary/aromatic N) is 3. The zero-order chi connectivity index (χ0) is 20.8. The largest absolute Gasteiger partial charge is 0.484 e. The fourth-order valence-corrected chi connectivity index (χ4v) is 3.98. The summed E-state index contributed by atoms with van der Waals surface area (Å²) in [5.74, 6) is 1.10. The van der Waals surface area contributed by atoms with Crippen LogP contribution in [0.4, 0.5) is 5.69 Å². The molecule has 3 rings (SSSR count). The summed E-state index contributed by atoms with van der Waals surface area (Å²) < 4.78 is 7.62. The highest BCUT2D eigenvalue weighted by atomic mass is 35.5. The van der Waals surface area contributed by atoms with Gasteiger partial charge in [0.25, 0.3) is 0 Å². The van der Waals surface area contributed by atoms with Crippen molar-refractivity contribution in [2.45, 2.75) is 25.2 Å². The topological polar surface area (TPSA) is 69.0 Å². The molecule has 2 aromatic carbocycles. The molecule has 0 bridgehead atoms. The Balaban J connectivity index is 1.61. The van der Waals surface area contributed by atoms with Gasteiger partial charge in [-0.1, -0.05) is 64.8 Å². The molecule has 152 valence electrons. The van der Waals surface area contributed by atoms with Gasteiger partial charge in [0.05, 0.1) is 26.5 Å². The smallest absolute Gasteiger partial charge is 0.234 e. The standard InChI is InChI=1S/C19H17Cl3N4O2S/c1-2-26-16(10-28-15-9-4-3-6-12(15)20)24-25-19(26)29-11-17(27)23-18-13(21)7-5-8-14(18)22/h3-9H,2,10-11H2,1H3,(H,23,27). The molecule has 0 aliphatic rings. The molecule has 1 aromatic heterocycles. The Kier molecular flexibility index (Phi) is 7.66. The number of carbonyl (C=O) groups is 1. The fourth-order valence-electron chi connectivity index (χ4n) is 2.48. The van der Waals surface area contributed by atoms with Crippen molar-refractivity contribution in [3.8, 4) is 5.75 Å². The van der Waals surface area contributed by atoms with Crippen LogP contribution in [0, 0.1) is 0 Å². The number of para-hydroxylation sites is 2. The fraction of sp³-hybridized carbons (Fsp3) is 0.211. The number of carbonyl (C=O) groups excluding carboxylic acids is 1. The van der Waals surface area contributed by atoms with E-state index in [1.807, 2.05) is 23.6 Å². The average Bonchev–Trinajstić information content (AvgIpc) is 3.10. The van der Waals surface area contributed by atoms with Crippen molar-refractivity contribution in [3.05, 3.63) is 63.4 Å². The van der Waals surface area contributed by atoms with Gasteiger partial charge in [0.1, 0.15) is 12.4 Å². The zero-order valence-electron chi connectivity index (χ0n) is 15.4. The van der Waals surface area contributed by atoms with E-state index in [0.29, 0.717) is 44.0 Å². The first-order valence-corrected chi connectivity index (χ1v) is 10.8. The Morgan fingerprint density at radius 1 is 1.07 bits per heavy atom. The van der Waals surface area contributed by atoms with Gasteiger partial charge >= 0.3 is 0 Å². The maximum Gasteiger partial charge on any atom is 0.234 e. The lowest BCUT2D eigenvalue weighted by Gasteiger charge is -2.10. The van der Waals surface area contributed by atoms with Gasteiger partial charge in [-0.2, -0.15) is 0 Å². The summed E-state index contributed by atoms with van der Waals surface area (Å²) in [6, 6.07) is 12.3. The summed E-state index contributed by atoms with van der Waals surface area (Å²) in [5.41, 5.74) is 0.396. The summed E-state index contributed by atoms with van der Waals surface area (Å²) in [6.07, 6.45) is 0. The van der Waals surface area contributed by atoms with E-state index in [1.165, 1.54) is 11.8 Å². The van der Waals surface area contributed by atoms with E-state index in [4.69, 9.17) is 39.5 Å². The predicted octanol–water partition coefficient (Wildman–Crippen LogP) is 5.57. The number of nitrogens with one attached hydrogen (secondary N) is 1. The molecular weight excluding hydrogens is 455 g/mol. The highest BCUT2D eigenvalue weighted by Crippen LogP contribution is 2.30. The van der Waals surface area contributed by atoms with Gasteiger partial charge in [0.15, 0.2) is 11.0 Å². The molecule has 1 amide bonds. The van der Waals surface area contributed by atoms with Crippen molar-refractivity contribution in [2.24, 2.45) is 0 Å². The molecule has 0 atom stereocenters. The average molecular weight is 472 g/mol. The van der Waals surface area contributed by atoms with Crippen LogP contribution in [-0.2, 0) is 17.9 Å². The van der Waals surface area contributed by atoms with Gasteiger partial charge < -0.3 is 14.6 Å². The predicted molar refractivity (Wildman–Crippen MR) is 117 cm³/mol. The van der Waals surface area contributed by atoms with Crippen LogP contribution < -0.4 is 10.1 Å². The molecule has 1 heterocycles. The second-order valence-corrected chi connectivity index (χ2v) is 7.96. The molecule has 0 saturated carbocycles. The number of halogens is 3. The van der Waals surface area contributed by atoms with Crippen LogP contribution in [0.3, 0.4) is 0 Å². The Morgan fingerprint density at radius 3 is 2.45 bits per heavy atom. The Bertz CT molecular complexity index is 993. The molecule has 0 aliphatic heterocycles. The number of hydrogen-bond acceptors (Lipinski definition) is 5. The molecular formula is C19H17Cl3N4O2S. The third-order valence-electron chi connectivity index (χ3n) is 3.86. The number of amides is 1. The van der Waals surface area contributed by atoms with Crippen LogP contribution in [-0.4, -0.2) is 26.4 Å². The Hall–Kier alpha value is -1.93. The first-order valence-electron chi connectivity index (χ1n) is 8.65. The molecule has 1 N–H and O–H groups in total. The summed E-state index contributed by atoms with van der Waals surface area (Å²) >= 11 is 19.5. The van der Waals surface area contributed by atoms with E-state index in [1.54, 1.807) is 30.3 Å². The molecule has 0 aliphatic carbocycles. The number of rotatable bonds is 8. The second-order valence-electron chi connectivity index (χ2n) is 5.80. The normalized spacial score (nSPS) is 10.8. The van der Waals surface area contributed by atoms with E-state index in [9.17, 15) is 4.79 Å². The molecule has 0 radical (unpaired) electrons. The van der Waals surface area contributed by atoms with Crippen LogP contribution in [0.5, 0.6) is 5.75 Å². The van der Waals surface area contributed by atoms with E-state index in [0.717, 1.165) is 0 Å². The lowest BCUT2D eigenvalue weighted by atomic mass is 10.3. The third kappa shape index (κ3) is 5.57. The van der Waals surface area contributed by atoms with Crippen molar-refractivity contribution in [1.29, 1.82) is 0 Å². The van der Waals surface area contributed by atoms with Gasteiger partial charge in [-0.05, 0) is 31.2 Å². The minimum atomic E-state index is -0.246. The van der Waals surface area contributed by atoms with Gasteiger partial charge in [-0.25, -0.2) is 0 Å². The highest BCUT2D eigenvalue weighted by molar-refractivity contribution is 7.99. The SMILES string of the molecule is CCn1c(COc2ccccc2Cl)nnc1SCC(=O)Nc1c(Cl)cccc1Cl. The van der Waals surface area contributed by atoms with Crippen molar-refractivity contribution < 1.29 is 9.53 Å². The Morgan fingerprint density at radius 2 is 1.76 bits per heavy atom. The van der Waals surface area contributed by atoms with Crippen LogP contribution in [0.1, 0.15) is 12.7 Å². The van der Waals surface area contributed by atoms with Crippen molar-refractivity contribution in [2.75, 3.05) is 11.1 Å². The monoisotopic (exact) mass is 470 g/mol. The summed E-state index contributed by atoms with van der Waals surface area (Å²) in [6.45, 7) is 2.82. The van der Waals surface area contributed by atoms with Crippen molar-refractivity contribution in [1.82, 2.24) is 14.8 Å². The van der Waals surface area contributed by atoms with Crippen LogP contribution >= 0.6 is 46.6 Å². The lowest BCUT2D eigenvalue weighted by Crippen LogP contribution is -2.15. The van der Waals surface area contributed by atoms with Gasteiger partial charge in [0, 0.05) is 6.54 Å². The number of anilines is 1. The van der Waals surface area contributed by atoms with Gasteiger partial charge in [-0.15, -0.1) is 10.2 Å². The number of hydrogen-bond donors (Lipinski definition) is 1. The first kappa shape index (κ1) is 21.8. The highest BCUT2D eigenvalue weighted by Gasteiger charge is 2.15.